The number of halogens is 4. The summed E-state index contributed by atoms with van der Waals surface area (Å²) in [5.41, 5.74) is 3.52. The van der Waals surface area contributed by atoms with Gasteiger partial charge in [0.05, 0.1) is 6.04 Å². The Morgan fingerprint density at radius 2 is 2.07 bits per heavy atom. The Kier molecular flexibility index (Phi) is 6.87. The van der Waals surface area contributed by atoms with Crippen LogP contribution >= 0.6 is 0 Å². The van der Waals surface area contributed by atoms with Crippen LogP contribution in [0.15, 0.2) is 42.6 Å². The second-order valence-corrected chi connectivity index (χ2v) is 6.51. The highest BCUT2D eigenvalue weighted by molar-refractivity contribution is 5.91. The number of amides is 1. The average molecular weight is 402 g/mol. The molecule has 1 atom stereocenters. The first-order valence-corrected chi connectivity index (χ1v) is 8.59. The molecule has 154 valence electrons. The Balaban J connectivity index is 2.13. The van der Waals surface area contributed by atoms with Crippen molar-refractivity contribution in [2.24, 2.45) is 5.92 Å². The monoisotopic (exact) mass is 402 g/mol. The van der Waals surface area contributed by atoms with Crippen LogP contribution in [0.2, 0.25) is 0 Å². The first-order valence-electron chi connectivity index (χ1n) is 8.59. The van der Waals surface area contributed by atoms with Crippen LogP contribution in [0, 0.1) is 5.92 Å². The highest BCUT2D eigenvalue weighted by Gasteiger charge is 2.42. The molecule has 0 aromatic carbocycles. The van der Waals surface area contributed by atoms with E-state index in [0.717, 1.165) is 0 Å². The maximum atomic E-state index is 13.2. The van der Waals surface area contributed by atoms with Gasteiger partial charge in [0.15, 0.2) is 6.61 Å². The maximum Gasteiger partial charge on any atom is 0.340 e. The lowest BCUT2D eigenvalue weighted by molar-refractivity contribution is -0.164. The van der Waals surface area contributed by atoms with Crippen molar-refractivity contribution in [2.75, 3.05) is 11.9 Å². The van der Waals surface area contributed by atoms with Gasteiger partial charge in [0.25, 0.3) is 0 Å². The predicted octanol–water partition coefficient (Wildman–Crippen LogP) is 3.83. The third-order valence-corrected chi connectivity index (χ3v) is 3.95. The van der Waals surface area contributed by atoms with E-state index in [0.29, 0.717) is 11.4 Å². The van der Waals surface area contributed by atoms with Gasteiger partial charge < -0.3 is 15.5 Å². The molecule has 6 nitrogen and oxygen atoms in total. The van der Waals surface area contributed by atoms with E-state index in [1.807, 2.05) is 0 Å². The highest BCUT2D eigenvalue weighted by Crippen LogP contribution is 2.28. The van der Waals surface area contributed by atoms with Crippen molar-refractivity contribution in [3.05, 3.63) is 48.1 Å². The summed E-state index contributed by atoms with van der Waals surface area (Å²) in [6.07, 6.45) is 2.10. The number of carbonyl (C=O) groups is 1. The molecule has 28 heavy (non-hydrogen) atoms. The lowest BCUT2D eigenvalue weighted by Crippen LogP contribution is -2.40. The zero-order valence-electron chi connectivity index (χ0n) is 15.6. The number of carbonyl (C=O) groups excluding carboxylic acids is 1. The zero-order chi connectivity index (χ0) is 20.9. The number of alkyl halides is 4. The molecule has 0 bridgehead atoms. The quantitative estimate of drug-likeness (QED) is 0.647. The van der Waals surface area contributed by atoms with Crippen molar-refractivity contribution in [2.45, 2.75) is 39.2 Å². The van der Waals surface area contributed by atoms with Gasteiger partial charge in [-0.15, -0.1) is 0 Å². The molecule has 1 amide bonds. The molecule has 2 heterocycles. The summed E-state index contributed by atoms with van der Waals surface area (Å²) in [4.78, 5) is 15.9. The standard InChI is InChI=1S/C18H22F4N4O2/c1-11(2)16(27)25-14-9-13(6-8-23-14)12(3)26-15(5-4-7-24-26)28-10-18(21,22)17(19)20/h4-9,11-12,17,24H,10H2,1-3H3,(H,23,25,27). The Morgan fingerprint density at radius 3 is 2.71 bits per heavy atom. The second-order valence-electron chi connectivity index (χ2n) is 6.51. The minimum atomic E-state index is -4.26. The Bertz CT molecular complexity index is 753. The van der Waals surface area contributed by atoms with E-state index in [9.17, 15) is 22.4 Å². The minimum absolute atomic E-state index is 0.0418. The molecule has 1 unspecified atom stereocenters. The molecule has 0 saturated carbocycles. The molecule has 1 aliphatic heterocycles. The van der Waals surface area contributed by atoms with Gasteiger partial charge in [0.1, 0.15) is 5.82 Å². The van der Waals surface area contributed by atoms with Crippen molar-refractivity contribution in [3.8, 4) is 0 Å². The second kappa shape index (κ2) is 8.94. The van der Waals surface area contributed by atoms with Crippen molar-refractivity contribution < 1.29 is 27.1 Å². The fourth-order valence-electron chi connectivity index (χ4n) is 2.25. The molecular formula is C18H22F4N4O2. The van der Waals surface area contributed by atoms with E-state index >= 15 is 0 Å². The van der Waals surface area contributed by atoms with Crippen LogP contribution in [0.25, 0.3) is 0 Å². The van der Waals surface area contributed by atoms with Crippen molar-refractivity contribution in [1.29, 1.82) is 0 Å². The largest absolute Gasteiger partial charge is 0.471 e. The molecule has 1 aliphatic rings. The number of nitrogens with one attached hydrogen (secondary N) is 2. The van der Waals surface area contributed by atoms with Gasteiger partial charge in [-0.1, -0.05) is 13.8 Å². The molecule has 0 spiro atoms. The Morgan fingerprint density at radius 1 is 1.36 bits per heavy atom. The first kappa shape index (κ1) is 21.5. The van der Waals surface area contributed by atoms with E-state index in [1.54, 1.807) is 32.9 Å². The third kappa shape index (κ3) is 5.37. The van der Waals surface area contributed by atoms with Gasteiger partial charge in [-0.3, -0.25) is 9.80 Å². The van der Waals surface area contributed by atoms with Crippen LogP contribution in [-0.4, -0.2) is 34.9 Å². The number of hydrogen-bond acceptors (Lipinski definition) is 5. The summed E-state index contributed by atoms with van der Waals surface area (Å²) in [6.45, 7) is 3.78. The minimum Gasteiger partial charge on any atom is -0.471 e. The summed E-state index contributed by atoms with van der Waals surface area (Å²) in [6, 6.07) is 2.87. The van der Waals surface area contributed by atoms with Crippen LogP contribution < -0.4 is 10.7 Å². The summed E-state index contributed by atoms with van der Waals surface area (Å²) >= 11 is 0. The lowest BCUT2D eigenvalue weighted by Gasteiger charge is -2.34. The summed E-state index contributed by atoms with van der Waals surface area (Å²) in [7, 11) is 0. The van der Waals surface area contributed by atoms with Gasteiger partial charge in [0.2, 0.25) is 11.8 Å². The van der Waals surface area contributed by atoms with E-state index < -0.39 is 25.0 Å². The van der Waals surface area contributed by atoms with Gasteiger partial charge in [-0.2, -0.15) is 8.78 Å². The Labute approximate surface area is 160 Å². The summed E-state index contributed by atoms with van der Waals surface area (Å²) in [5, 5.41) is 4.08. The number of allylic oxidation sites excluding steroid dienone is 2. The predicted molar refractivity (Wildman–Crippen MR) is 95.2 cm³/mol. The lowest BCUT2D eigenvalue weighted by atomic mass is 10.1. The number of aromatic nitrogens is 1. The van der Waals surface area contributed by atoms with Crippen LogP contribution in [-0.2, 0) is 9.53 Å². The van der Waals surface area contributed by atoms with Crippen LogP contribution in [0.3, 0.4) is 0 Å². The van der Waals surface area contributed by atoms with Crippen molar-refractivity contribution >= 4 is 11.7 Å². The van der Waals surface area contributed by atoms with Crippen LogP contribution in [0.5, 0.6) is 0 Å². The van der Waals surface area contributed by atoms with Gasteiger partial charge in [0, 0.05) is 24.4 Å². The summed E-state index contributed by atoms with van der Waals surface area (Å²) in [5.74, 6) is -4.39. The van der Waals surface area contributed by atoms with Crippen LogP contribution in [0.4, 0.5) is 23.4 Å². The van der Waals surface area contributed by atoms with E-state index in [-0.39, 0.29) is 17.7 Å². The molecule has 0 fully saturated rings. The number of nitrogens with zero attached hydrogens (tertiary/aromatic N) is 2. The number of anilines is 1. The molecule has 2 N–H and O–H groups in total. The van der Waals surface area contributed by atoms with Crippen molar-refractivity contribution in [1.82, 2.24) is 15.4 Å². The number of ether oxygens (including phenoxy) is 1. The fraction of sp³-hybridized carbons (Fsp3) is 0.444. The molecule has 0 saturated heterocycles. The topological polar surface area (TPSA) is 66.5 Å². The maximum absolute atomic E-state index is 13.2. The average Bonchev–Trinajstić information content (AvgIpc) is 2.66. The molecule has 10 heteroatoms. The summed E-state index contributed by atoms with van der Waals surface area (Å²) < 4.78 is 56.0. The first-order chi connectivity index (χ1) is 13.1. The molecule has 2 rings (SSSR count). The molecule has 1 aromatic heterocycles. The normalized spacial score (nSPS) is 15.3. The molecule has 0 aliphatic carbocycles. The van der Waals surface area contributed by atoms with Crippen molar-refractivity contribution in [3.63, 3.8) is 0 Å². The fourth-order valence-corrected chi connectivity index (χ4v) is 2.25. The SMILES string of the molecule is CC(C)C(=O)Nc1cc(C(C)N2NC=CC=C2OCC(F)(F)C(F)F)ccn1. The van der Waals surface area contributed by atoms with Gasteiger partial charge in [-0.25, -0.2) is 13.8 Å². The van der Waals surface area contributed by atoms with E-state index in [4.69, 9.17) is 4.74 Å². The molecular weight excluding hydrogens is 380 g/mol. The van der Waals surface area contributed by atoms with Crippen LogP contribution in [0.1, 0.15) is 32.4 Å². The highest BCUT2D eigenvalue weighted by atomic mass is 19.3. The third-order valence-electron chi connectivity index (χ3n) is 3.95. The smallest absolute Gasteiger partial charge is 0.340 e. The van der Waals surface area contributed by atoms with Gasteiger partial charge >= 0.3 is 12.3 Å². The number of pyridine rings is 1. The molecule has 1 aromatic rings. The van der Waals surface area contributed by atoms with E-state index in [2.05, 4.69) is 15.7 Å². The number of hydrogen-bond donors (Lipinski definition) is 2. The zero-order valence-corrected chi connectivity index (χ0v) is 15.6. The molecule has 0 radical (unpaired) electrons. The number of hydrazine groups is 1. The van der Waals surface area contributed by atoms with Gasteiger partial charge in [-0.05, 0) is 30.7 Å². The van der Waals surface area contributed by atoms with E-state index in [1.165, 1.54) is 29.6 Å². The Hall–Kier alpha value is -2.78. The number of rotatable bonds is 8.